The number of hydrogen-bond acceptors (Lipinski definition) is 5. The first-order valence-corrected chi connectivity index (χ1v) is 7.09. The molecule has 0 atom stereocenters. The second kappa shape index (κ2) is 6.69. The Morgan fingerprint density at radius 1 is 1.04 bits per heavy atom. The van der Waals surface area contributed by atoms with E-state index in [1.807, 2.05) is 42.5 Å². The first-order chi connectivity index (χ1) is 11.3. The van der Waals surface area contributed by atoms with Crippen LogP contribution in [-0.4, -0.2) is 15.1 Å². The molecular weight excluding hydrogens is 288 g/mol. The van der Waals surface area contributed by atoms with Gasteiger partial charge in [0.15, 0.2) is 0 Å². The third kappa shape index (κ3) is 3.34. The smallest absolute Gasteiger partial charge is 0.130 e. The lowest BCUT2D eigenvalue weighted by Gasteiger charge is -2.11. The molecule has 0 bridgehead atoms. The Morgan fingerprint density at radius 3 is 2.65 bits per heavy atom. The van der Waals surface area contributed by atoms with E-state index >= 15 is 0 Å². The molecule has 0 saturated heterocycles. The standard InChI is InChI=1S/C18H14N4O/c19-10-13-8-9-18(20-11-13)22-17-6-2-1-5-15(17)16-7-3-4-14(12-23)21-16/h1-9,11,23H,12H2,(H,20,22). The maximum Gasteiger partial charge on any atom is 0.130 e. The van der Waals surface area contributed by atoms with E-state index in [0.29, 0.717) is 17.1 Å². The summed E-state index contributed by atoms with van der Waals surface area (Å²) in [5.41, 5.74) is 3.67. The van der Waals surface area contributed by atoms with Crippen LogP contribution < -0.4 is 5.32 Å². The van der Waals surface area contributed by atoms with Crippen molar-refractivity contribution >= 4 is 11.5 Å². The molecule has 0 unspecified atom stereocenters. The quantitative estimate of drug-likeness (QED) is 0.773. The number of nitrogens with one attached hydrogen (secondary N) is 1. The van der Waals surface area contributed by atoms with Gasteiger partial charge < -0.3 is 10.4 Å². The number of anilines is 2. The van der Waals surface area contributed by atoms with Crippen LogP contribution in [-0.2, 0) is 6.61 Å². The molecule has 5 heteroatoms. The van der Waals surface area contributed by atoms with Gasteiger partial charge in [-0.15, -0.1) is 0 Å². The molecule has 0 amide bonds. The normalized spacial score (nSPS) is 10.1. The molecule has 23 heavy (non-hydrogen) atoms. The third-order valence-corrected chi connectivity index (χ3v) is 3.33. The van der Waals surface area contributed by atoms with Crippen molar-refractivity contribution in [2.45, 2.75) is 6.61 Å². The number of aliphatic hydroxyl groups excluding tert-OH is 1. The third-order valence-electron chi connectivity index (χ3n) is 3.33. The number of hydrogen-bond donors (Lipinski definition) is 2. The molecule has 2 N–H and O–H groups in total. The summed E-state index contributed by atoms with van der Waals surface area (Å²) < 4.78 is 0. The van der Waals surface area contributed by atoms with Gasteiger partial charge in [-0.3, -0.25) is 4.98 Å². The number of para-hydroxylation sites is 1. The van der Waals surface area contributed by atoms with Crippen molar-refractivity contribution in [2.75, 3.05) is 5.32 Å². The Kier molecular flexibility index (Phi) is 4.27. The largest absolute Gasteiger partial charge is 0.390 e. The zero-order valence-electron chi connectivity index (χ0n) is 12.3. The van der Waals surface area contributed by atoms with Gasteiger partial charge in [-0.05, 0) is 30.3 Å². The average Bonchev–Trinajstić information content (AvgIpc) is 2.63. The Bertz CT molecular complexity index is 853. The highest BCUT2D eigenvalue weighted by molar-refractivity contribution is 5.78. The minimum absolute atomic E-state index is 0.0966. The SMILES string of the molecule is N#Cc1ccc(Nc2ccccc2-c2cccc(CO)n2)nc1. The summed E-state index contributed by atoms with van der Waals surface area (Å²) in [5, 5.41) is 21.3. The minimum atomic E-state index is -0.0966. The van der Waals surface area contributed by atoms with Gasteiger partial charge in [0.2, 0.25) is 0 Å². The fourth-order valence-corrected chi connectivity index (χ4v) is 2.21. The van der Waals surface area contributed by atoms with E-state index < -0.39 is 0 Å². The molecular formula is C18H14N4O. The summed E-state index contributed by atoms with van der Waals surface area (Å²) in [7, 11) is 0. The van der Waals surface area contributed by atoms with E-state index in [9.17, 15) is 5.11 Å². The van der Waals surface area contributed by atoms with Crippen molar-refractivity contribution in [3.8, 4) is 17.3 Å². The fourth-order valence-electron chi connectivity index (χ4n) is 2.21. The van der Waals surface area contributed by atoms with Crippen molar-refractivity contribution in [3.63, 3.8) is 0 Å². The van der Waals surface area contributed by atoms with E-state index in [1.54, 1.807) is 18.2 Å². The van der Waals surface area contributed by atoms with Crippen LogP contribution in [0.25, 0.3) is 11.3 Å². The Labute approximate surface area is 133 Å². The van der Waals surface area contributed by atoms with E-state index in [0.717, 1.165) is 16.9 Å². The second-order valence-electron chi connectivity index (χ2n) is 4.89. The van der Waals surface area contributed by atoms with Gasteiger partial charge >= 0.3 is 0 Å². The van der Waals surface area contributed by atoms with E-state index in [1.165, 1.54) is 6.20 Å². The van der Waals surface area contributed by atoms with Gasteiger partial charge in [0, 0.05) is 17.4 Å². The number of pyridine rings is 2. The highest BCUT2D eigenvalue weighted by Gasteiger charge is 2.07. The molecule has 3 rings (SSSR count). The number of benzene rings is 1. The molecule has 112 valence electrons. The van der Waals surface area contributed by atoms with Crippen molar-refractivity contribution in [3.05, 3.63) is 72.1 Å². The van der Waals surface area contributed by atoms with Crippen molar-refractivity contribution in [2.24, 2.45) is 0 Å². The van der Waals surface area contributed by atoms with Crippen LogP contribution in [0.2, 0.25) is 0 Å². The minimum Gasteiger partial charge on any atom is -0.390 e. The molecule has 2 aromatic heterocycles. The monoisotopic (exact) mass is 302 g/mol. The lowest BCUT2D eigenvalue weighted by Crippen LogP contribution is -1.98. The van der Waals surface area contributed by atoms with E-state index in [2.05, 4.69) is 15.3 Å². The zero-order chi connectivity index (χ0) is 16.1. The predicted molar refractivity (Wildman–Crippen MR) is 87.8 cm³/mol. The highest BCUT2D eigenvalue weighted by atomic mass is 16.3. The predicted octanol–water partition coefficient (Wildman–Crippen LogP) is 3.25. The summed E-state index contributed by atoms with van der Waals surface area (Å²) in [6.45, 7) is -0.0966. The molecule has 0 aliphatic carbocycles. The Balaban J connectivity index is 1.95. The maximum absolute atomic E-state index is 9.25. The zero-order valence-corrected chi connectivity index (χ0v) is 12.3. The second-order valence-corrected chi connectivity index (χ2v) is 4.89. The molecule has 3 aromatic rings. The fraction of sp³-hybridized carbons (Fsp3) is 0.0556. The molecule has 2 heterocycles. The van der Waals surface area contributed by atoms with Gasteiger partial charge in [-0.2, -0.15) is 5.26 Å². The van der Waals surface area contributed by atoms with Crippen LogP contribution in [0.3, 0.4) is 0 Å². The van der Waals surface area contributed by atoms with Crippen LogP contribution in [0.1, 0.15) is 11.3 Å². The van der Waals surface area contributed by atoms with E-state index in [-0.39, 0.29) is 6.61 Å². The summed E-state index contributed by atoms with van der Waals surface area (Å²) in [6.07, 6.45) is 1.52. The Morgan fingerprint density at radius 2 is 1.91 bits per heavy atom. The molecule has 0 fully saturated rings. The molecule has 1 aromatic carbocycles. The lowest BCUT2D eigenvalue weighted by atomic mass is 10.1. The maximum atomic E-state index is 9.25. The first-order valence-electron chi connectivity index (χ1n) is 7.09. The number of aromatic nitrogens is 2. The average molecular weight is 302 g/mol. The van der Waals surface area contributed by atoms with Crippen molar-refractivity contribution in [1.29, 1.82) is 5.26 Å². The molecule has 0 aliphatic rings. The number of aliphatic hydroxyl groups is 1. The molecule has 0 saturated carbocycles. The highest BCUT2D eigenvalue weighted by Crippen LogP contribution is 2.28. The van der Waals surface area contributed by atoms with Crippen molar-refractivity contribution < 1.29 is 5.11 Å². The molecule has 5 nitrogen and oxygen atoms in total. The molecule has 0 aliphatic heterocycles. The van der Waals surface area contributed by atoms with Crippen LogP contribution in [0.5, 0.6) is 0 Å². The van der Waals surface area contributed by atoms with Crippen LogP contribution in [0.4, 0.5) is 11.5 Å². The van der Waals surface area contributed by atoms with Gasteiger partial charge in [-0.1, -0.05) is 24.3 Å². The van der Waals surface area contributed by atoms with Gasteiger partial charge in [0.25, 0.3) is 0 Å². The Hall–Kier alpha value is -3.23. The van der Waals surface area contributed by atoms with Crippen LogP contribution >= 0.6 is 0 Å². The molecule has 0 spiro atoms. The van der Waals surface area contributed by atoms with Crippen LogP contribution in [0.15, 0.2) is 60.8 Å². The van der Waals surface area contributed by atoms with Crippen molar-refractivity contribution in [1.82, 2.24) is 9.97 Å². The summed E-state index contributed by atoms with van der Waals surface area (Å²) in [4.78, 5) is 8.66. The topological polar surface area (TPSA) is 81.8 Å². The first kappa shape index (κ1) is 14.7. The van der Waals surface area contributed by atoms with E-state index in [4.69, 9.17) is 5.26 Å². The summed E-state index contributed by atoms with van der Waals surface area (Å²) >= 11 is 0. The van der Waals surface area contributed by atoms with Crippen LogP contribution in [0, 0.1) is 11.3 Å². The lowest BCUT2D eigenvalue weighted by molar-refractivity contribution is 0.277. The van der Waals surface area contributed by atoms with Gasteiger partial charge in [0.05, 0.1) is 23.6 Å². The number of rotatable bonds is 4. The summed E-state index contributed by atoms with van der Waals surface area (Å²) in [5.74, 6) is 0.648. The number of nitriles is 1. The summed E-state index contributed by atoms with van der Waals surface area (Å²) in [6, 6.07) is 18.8. The number of nitrogens with zero attached hydrogens (tertiary/aromatic N) is 3. The van der Waals surface area contributed by atoms with Gasteiger partial charge in [0.1, 0.15) is 11.9 Å². The van der Waals surface area contributed by atoms with Gasteiger partial charge in [-0.25, -0.2) is 4.98 Å². The molecule has 0 radical (unpaired) electrons.